The second-order valence-corrected chi connectivity index (χ2v) is 3.04. The molecule has 0 fully saturated rings. The molecule has 5 nitrogen and oxygen atoms in total. The van der Waals surface area contributed by atoms with Crippen molar-refractivity contribution < 1.29 is 28.2 Å². The van der Waals surface area contributed by atoms with Crippen LogP contribution in [0.5, 0.6) is 5.75 Å². The van der Waals surface area contributed by atoms with Gasteiger partial charge in [-0.05, 0) is 6.07 Å². The number of aliphatic carboxylic acids is 1. The average Bonchev–Trinajstić information content (AvgIpc) is 2.29. The van der Waals surface area contributed by atoms with Crippen LogP contribution in [0.3, 0.4) is 0 Å². The number of hydrogen-bond donors (Lipinski definition) is 2. The van der Waals surface area contributed by atoms with Gasteiger partial charge in [0.25, 0.3) is 0 Å². The third-order valence-electron chi connectivity index (χ3n) is 1.76. The van der Waals surface area contributed by atoms with Gasteiger partial charge in [0, 0.05) is 11.6 Å². The lowest BCUT2D eigenvalue weighted by atomic mass is 10.2. The molecule has 0 atom stereocenters. The monoisotopic (exact) mass is 260 g/mol. The summed E-state index contributed by atoms with van der Waals surface area (Å²) in [6.07, 6.45) is -2.00. The lowest BCUT2D eigenvalue weighted by molar-refractivity contribution is -0.192. The minimum absolute atomic E-state index is 0.199. The second kappa shape index (κ2) is 5.30. The number of hydrogen-bond acceptors (Lipinski definition) is 4. The van der Waals surface area contributed by atoms with Crippen molar-refractivity contribution in [2.24, 2.45) is 0 Å². The zero-order valence-corrected chi connectivity index (χ0v) is 8.72. The minimum atomic E-state index is -5.08. The number of carboxylic acid groups (broad SMARTS) is 1. The molecule has 0 aliphatic rings. The second-order valence-electron chi connectivity index (χ2n) is 3.04. The summed E-state index contributed by atoms with van der Waals surface area (Å²) in [7, 11) is 0. The number of aromatic nitrogens is 2. The van der Waals surface area contributed by atoms with Gasteiger partial charge < -0.3 is 10.2 Å². The van der Waals surface area contributed by atoms with Crippen molar-refractivity contribution in [3.63, 3.8) is 0 Å². The summed E-state index contributed by atoms with van der Waals surface area (Å²) in [5.41, 5.74) is 0.600. The van der Waals surface area contributed by atoms with E-state index in [0.717, 1.165) is 5.39 Å². The molecule has 96 valence electrons. The Balaban J connectivity index is 0.000000203. The lowest BCUT2D eigenvalue weighted by Crippen LogP contribution is -2.21. The molecule has 8 heteroatoms. The van der Waals surface area contributed by atoms with E-state index in [2.05, 4.69) is 9.97 Å². The SMILES string of the molecule is O=C(O)C(F)(F)F.Oc1cccc2cncnc12. The highest BCUT2D eigenvalue weighted by molar-refractivity contribution is 5.82. The molecule has 2 rings (SSSR count). The van der Waals surface area contributed by atoms with E-state index in [1.807, 2.05) is 6.07 Å². The zero-order chi connectivity index (χ0) is 13.8. The van der Waals surface area contributed by atoms with Crippen molar-refractivity contribution in [1.82, 2.24) is 9.97 Å². The molecule has 0 aliphatic carbocycles. The summed E-state index contributed by atoms with van der Waals surface area (Å²) in [6.45, 7) is 0. The van der Waals surface area contributed by atoms with E-state index in [4.69, 9.17) is 9.90 Å². The molecule has 0 bridgehead atoms. The Morgan fingerprint density at radius 2 is 1.89 bits per heavy atom. The first-order chi connectivity index (χ1) is 8.32. The van der Waals surface area contributed by atoms with Gasteiger partial charge in [0.05, 0.1) is 0 Å². The highest BCUT2D eigenvalue weighted by atomic mass is 19.4. The number of phenolic OH excluding ortho intramolecular Hbond substituents is 1. The molecular formula is C10H7F3N2O3. The molecule has 2 aromatic rings. The van der Waals surface area contributed by atoms with E-state index in [0.29, 0.717) is 5.52 Å². The molecule has 1 heterocycles. The van der Waals surface area contributed by atoms with Gasteiger partial charge in [-0.25, -0.2) is 14.8 Å². The summed E-state index contributed by atoms with van der Waals surface area (Å²) in [6, 6.07) is 5.23. The molecule has 0 amide bonds. The van der Waals surface area contributed by atoms with Gasteiger partial charge in [-0.3, -0.25) is 0 Å². The number of halogens is 3. The summed E-state index contributed by atoms with van der Waals surface area (Å²) in [5, 5.41) is 17.3. The van der Waals surface area contributed by atoms with Crippen molar-refractivity contribution in [1.29, 1.82) is 0 Å². The topological polar surface area (TPSA) is 83.3 Å². The number of alkyl halides is 3. The number of carboxylic acids is 1. The molecule has 2 N–H and O–H groups in total. The summed E-state index contributed by atoms with van der Waals surface area (Å²) in [4.78, 5) is 16.6. The van der Waals surface area contributed by atoms with Crippen molar-refractivity contribution in [3.05, 3.63) is 30.7 Å². The van der Waals surface area contributed by atoms with Crippen LogP contribution >= 0.6 is 0 Å². The van der Waals surface area contributed by atoms with Gasteiger partial charge in [-0.2, -0.15) is 13.2 Å². The van der Waals surface area contributed by atoms with Crippen molar-refractivity contribution in [2.75, 3.05) is 0 Å². The fraction of sp³-hybridized carbons (Fsp3) is 0.100. The number of nitrogens with zero attached hydrogens (tertiary/aromatic N) is 2. The first kappa shape index (κ1) is 13.7. The highest BCUT2D eigenvalue weighted by Gasteiger charge is 2.38. The number of rotatable bonds is 0. The van der Waals surface area contributed by atoms with Gasteiger partial charge >= 0.3 is 12.1 Å². The Hall–Kier alpha value is -2.38. The van der Waals surface area contributed by atoms with Crippen LogP contribution in [0.25, 0.3) is 10.9 Å². The number of para-hydroxylation sites is 1. The molecule has 18 heavy (non-hydrogen) atoms. The maximum absolute atomic E-state index is 10.6. The van der Waals surface area contributed by atoms with Crippen LogP contribution < -0.4 is 0 Å². The molecule has 0 radical (unpaired) electrons. The molecule has 0 spiro atoms. The Morgan fingerprint density at radius 3 is 2.39 bits per heavy atom. The first-order valence-electron chi connectivity index (χ1n) is 4.50. The maximum atomic E-state index is 10.6. The van der Waals surface area contributed by atoms with Crippen LogP contribution in [0, 0.1) is 0 Å². The smallest absolute Gasteiger partial charge is 0.490 e. The average molecular weight is 260 g/mol. The van der Waals surface area contributed by atoms with E-state index >= 15 is 0 Å². The van der Waals surface area contributed by atoms with Crippen molar-refractivity contribution >= 4 is 16.9 Å². The van der Waals surface area contributed by atoms with Gasteiger partial charge in [0.1, 0.15) is 17.6 Å². The van der Waals surface area contributed by atoms with Gasteiger partial charge in [0.15, 0.2) is 0 Å². The van der Waals surface area contributed by atoms with E-state index in [9.17, 15) is 18.3 Å². The quantitative estimate of drug-likeness (QED) is 0.756. The number of aromatic hydroxyl groups is 1. The Labute approximate surface area is 98.5 Å². The summed E-state index contributed by atoms with van der Waals surface area (Å²) in [5.74, 6) is -2.56. The van der Waals surface area contributed by atoms with Crippen LogP contribution in [-0.4, -0.2) is 32.3 Å². The van der Waals surface area contributed by atoms with Crippen molar-refractivity contribution in [2.45, 2.75) is 6.18 Å². The molecular weight excluding hydrogens is 253 g/mol. The van der Waals surface area contributed by atoms with Gasteiger partial charge in [0.2, 0.25) is 0 Å². The van der Waals surface area contributed by atoms with Crippen LogP contribution in [0.4, 0.5) is 13.2 Å². The zero-order valence-electron chi connectivity index (χ0n) is 8.72. The normalized spacial score (nSPS) is 10.6. The minimum Gasteiger partial charge on any atom is -0.506 e. The van der Waals surface area contributed by atoms with Crippen LogP contribution in [0.2, 0.25) is 0 Å². The fourth-order valence-corrected chi connectivity index (χ4v) is 0.998. The predicted octanol–water partition coefficient (Wildman–Crippen LogP) is 1.97. The summed E-state index contributed by atoms with van der Waals surface area (Å²) >= 11 is 0. The lowest BCUT2D eigenvalue weighted by Gasteiger charge is -1.96. The Morgan fingerprint density at radius 1 is 1.28 bits per heavy atom. The maximum Gasteiger partial charge on any atom is 0.490 e. The number of carbonyl (C=O) groups is 1. The van der Waals surface area contributed by atoms with E-state index < -0.39 is 12.1 Å². The van der Waals surface area contributed by atoms with Gasteiger partial charge in [-0.15, -0.1) is 0 Å². The van der Waals surface area contributed by atoms with Gasteiger partial charge in [-0.1, -0.05) is 12.1 Å². The molecule has 0 saturated heterocycles. The van der Waals surface area contributed by atoms with Crippen LogP contribution in [0.1, 0.15) is 0 Å². The third kappa shape index (κ3) is 3.58. The molecule has 0 unspecified atom stereocenters. The van der Waals surface area contributed by atoms with E-state index in [1.54, 1.807) is 18.3 Å². The highest BCUT2D eigenvalue weighted by Crippen LogP contribution is 2.19. The Kier molecular flexibility index (Phi) is 4.03. The molecule has 1 aromatic heterocycles. The molecule has 0 aliphatic heterocycles. The van der Waals surface area contributed by atoms with Crippen LogP contribution in [0.15, 0.2) is 30.7 Å². The fourth-order valence-electron chi connectivity index (χ4n) is 0.998. The molecule has 0 saturated carbocycles. The first-order valence-corrected chi connectivity index (χ1v) is 4.50. The number of fused-ring (bicyclic) bond motifs is 1. The predicted molar refractivity (Wildman–Crippen MR) is 54.9 cm³/mol. The van der Waals surface area contributed by atoms with E-state index in [-0.39, 0.29) is 5.75 Å². The van der Waals surface area contributed by atoms with E-state index in [1.165, 1.54) is 6.33 Å². The number of phenols is 1. The van der Waals surface area contributed by atoms with Crippen LogP contribution in [-0.2, 0) is 4.79 Å². The molecule has 1 aromatic carbocycles. The largest absolute Gasteiger partial charge is 0.506 e. The Bertz CT molecular complexity index is 552. The third-order valence-corrected chi connectivity index (χ3v) is 1.76. The standard InChI is InChI=1S/C8H6N2O.C2HF3O2/c11-7-3-1-2-6-4-9-5-10-8(6)7;3-2(4,5)1(6)7/h1-5,11H;(H,6,7). The summed E-state index contributed by atoms with van der Waals surface area (Å²) < 4.78 is 31.7. The number of benzene rings is 1. The van der Waals surface area contributed by atoms with Crippen molar-refractivity contribution in [3.8, 4) is 5.75 Å².